The number of ether oxygens (including phenoxy) is 1. The quantitative estimate of drug-likeness (QED) is 0.292. The lowest BCUT2D eigenvalue weighted by Crippen LogP contribution is -2.41. The Labute approximate surface area is 227 Å². The van der Waals surface area contributed by atoms with Crippen molar-refractivity contribution < 1.29 is 23.2 Å². The molecular weight excluding hydrogens is 506 g/mol. The average Bonchev–Trinajstić information content (AvgIpc) is 3.31. The van der Waals surface area contributed by atoms with E-state index in [0.717, 1.165) is 22.3 Å². The third-order valence-corrected chi connectivity index (χ3v) is 7.84. The first kappa shape index (κ1) is 26.4. The second-order valence-electron chi connectivity index (χ2n) is 10.5. The molecule has 0 saturated carbocycles. The molecule has 5 rings (SSSR count). The summed E-state index contributed by atoms with van der Waals surface area (Å²) in [5.74, 6) is -0.719. The Morgan fingerprint density at radius 1 is 1.08 bits per heavy atom. The summed E-state index contributed by atoms with van der Waals surface area (Å²) < 4.78 is 31.9. The van der Waals surface area contributed by atoms with Crippen LogP contribution >= 0.6 is 11.6 Å². The van der Waals surface area contributed by atoms with Crippen molar-refractivity contribution in [2.24, 2.45) is 0 Å². The van der Waals surface area contributed by atoms with Crippen molar-refractivity contribution in [1.82, 2.24) is 10.3 Å². The number of fused-ring (bicyclic) bond motifs is 3. The second kappa shape index (κ2) is 10.2. The van der Waals surface area contributed by atoms with Crippen LogP contribution in [0.1, 0.15) is 50.3 Å². The van der Waals surface area contributed by atoms with Gasteiger partial charge in [0.05, 0.1) is 16.2 Å². The van der Waals surface area contributed by atoms with Gasteiger partial charge in [0, 0.05) is 24.7 Å². The number of aromatic nitrogens is 1. The van der Waals surface area contributed by atoms with Crippen LogP contribution in [0.3, 0.4) is 0 Å². The number of halogens is 2. The molecule has 2 aliphatic rings. The maximum atomic E-state index is 13.8. The van der Waals surface area contributed by atoms with E-state index in [1.807, 2.05) is 52.0 Å². The first-order chi connectivity index (χ1) is 18.1. The lowest BCUT2D eigenvalue weighted by Gasteiger charge is -2.32. The molecule has 0 spiro atoms. The van der Waals surface area contributed by atoms with Gasteiger partial charge in [-0.3, -0.25) is 0 Å². The van der Waals surface area contributed by atoms with Gasteiger partial charge in [0.15, 0.2) is 0 Å². The van der Waals surface area contributed by atoms with Crippen molar-refractivity contribution >= 4 is 30.9 Å². The molecule has 196 valence electrons. The molecule has 1 amide bonds. The van der Waals surface area contributed by atoms with Crippen LogP contribution in [-0.4, -0.2) is 42.5 Å². The molecule has 1 aliphatic carbocycles. The normalized spacial score (nSPS) is 17.7. The van der Waals surface area contributed by atoms with Crippen molar-refractivity contribution in [3.8, 4) is 11.1 Å². The zero-order valence-corrected chi connectivity index (χ0v) is 22.5. The number of alkyl carbamates (subject to hydrolysis) is 1. The fourth-order valence-electron chi connectivity index (χ4n) is 4.76. The molecule has 2 heterocycles. The van der Waals surface area contributed by atoms with Gasteiger partial charge in [-0.1, -0.05) is 66.2 Å². The zero-order chi connectivity index (χ0) is 27.1. The number of benzene rings is 2. The van der Waals surface area contributed by atoms with Gasteiger partial charge < -0.3 is 19.4 Å². The van der Waals surface area contributed by atoms with E-state index < -0.39 is 30.4 Å². The highest BCUT2D eigenvalue weighted by Gasteiger charge is 2.52. The summed E-state index contributed by atoms with van der Waals surface area (Å²) in [6.07, 6.45) is 2.31. The van der Waals surface area contributed by atoms with E-state index >= 15 is 0 Å². The Balaban J connectivity index is 1.31. The van der Waals surface area contributed by atoms with Crippen molar-refractivity contribution in [1.29, 1.82) is 0 Å². The van der Waals surface area contributed by atoms with Crippen molar-refractivity contribution in [3.05, 3.63) is 93.9 Å². The van der Waals surface area contributed by atoms with Gasteiger partial charge >= 0.3 is 13.2 Å². The predicted molar refractivity (Wildman–Crippen MR) is 146 cm³/mol. The molecule has 1 fully saturated rings. The minimum atomic E-state index is -0.777. The molecule has 38 heavy (non-hydrogen) atoms. The van der Waals surface area contributed by atoms with Crippen LogP contribution in [-0.2, 0) is 14.0 Å². The minimum Gasteiger partial charge on any atom is -0.449 e. The van der Waals surface area contributed by atoms with E-state index in [9.17, 15) is 9.18 Å². The van der Waals surface area contributed by atoms with Crippen LogP contribution in [0.2, 0.25) is 5.02 Å². The maximum absolute atomic E-state index is 13.8. The van der Waals surface area contributed by atoms with Gasteiger partial charge in [-0.2, -0.15) is 4.39 Å². The molecule has 1 aromatic heterocycles. The lowest BCUT2D eigenvalue weighted by atomic mass is 9.77. The number of nitrogens with one attached hydrogen (secondary N) is 1. The van der Waals surface area contributed by atoms with Gasteiger partial charge in [0.25, 0.3) is 0 Å². The highest BCUT2D eigenvalue weighted by molar-refractivity contribution is 6.56. The summed E-state index contributed by atoms with van der Waals surface area (Å²) in [7, 11) is -0.777. The zero-order valence-electron chi connectivity index (χ0n) is 21.8. The van der Waals surface area contributed by atoms with E-state index in [0.29, 0.717) is 11.0 Å². The first-order valence-electron chi connectivity index (χ1n) is 12.5. The summed E-state index contributed by atoms with van der Waals surface area (Å²) >= 11 is 6.26. The number of amides is 1. The van der Waals surface area contributed by atoms with Gasteiger partial charge in [0.2, 0.25) is 5.95 Å². The van der Waals surface area contributed by atoms with Crippen LogP contribution in [0.4, 0.5) is 9.18 Å². The highest BCUT2D eigenvalue weighted by atomic mass is 35.5. The molecule has 1 saturated heterocycles. The fourth-order valence-corrected chi connectivity index (χ4v) is 4.92. The SMILES string of the molecule is CC1(C)OB(C(=Cc2cc(F)ncc2Cl)CNC(=O)OCC2c3ccccc3-c3ccccc32)OC1(C)C. The topological polar surface area (TPSA) is 69.7 Å². The number of pyridine rings is 1. The number of carbonyl (C=O) groups is 1. The van der Waals surface area contributed by atoms with Crippen LogP contribution in [0.5, 0.6) is 0 Å². The predicted octanol–water partition coefficient (Wildman–Crippen LogP) is 6.43. The first-order valence-corrected chi connectivity index (χ1v) is 12.9. The number of hydrogen-bond donors (Lipinski definition) is 1. The Morgan fingerprint density at radius 3 is 2.26 bits per heavy atom. The lowest BCUT2D eigenvalue weighted by molar-refractivity contribution is 0.00578. The van der Waals surface area contributed by atoms with E-state index in [4.69, 9.17) is 25.6 Å². The number of nitrogens with zero attached hydrogens (tertiary/aromatic N) is 1. The van der Waals surface area contributed by atoms with E-state index in [1.54, 1.807) is 6.08 Å². The molecule has 9 heteroatoms. The Hall–Kier alpha value is -3.20. The summed E-state index contributed by atoms with van der Waals surface area (Å²) in [5, 5.41) is 3.06. The number of carbonyl (C=O) groups excluding carboxylic acids is 1. The Kier molecular flexibility index (Phi) is 7.07. The maximum Gasteiger partial charge on any atom is 0.492 e. The largest absolute Gasteiger partial charge is 0.492 e. The molecular formula is C29H29BClFN2O4. The van der Waals surface area contributed by atoms with Crippen molar-refractivity contribution in [2.45, 2.75) is 44.8 Å². The standard InChI is InChI=1S/C29H29BClFN2O4/c1-28(2)29(3,4)38-30(37-28)19(13-18-14-26(32)33-16-25(18)31)15-34-27(35)36-17-24-22-11-7-5-9-20(22)21-10-6-8-12-23(21)24/h5-14,16,24H,15,17H2,1-4H3,(H,34,35). The third kappa shape index (κ3) is 5.08. The highest BCUT2D eigenvalue weighted by Crippen LogP contribution is 2.44. The summed E-state index contributed by atoms with van der Waals surface area (Å²) in [6, 6.07) is 17.5. The second-order valence-corrected chi connectivity index (χ2v) is 10.9. The summed E-state index contributed by atoms with van der Waals surface area (Å²) in [5.41, 5.74) is 4.33. The van der Waals surface area contributed by atoms with Crippen LogP contribution in [0.15, 0.2) is 66.3 Å². The Morgan fingerprint density at radius 2 is 1.66 bits per heavy atom. The number of hydrogen-bond acceptors (Lipinski definition) is 5. The molecule has 0 bridgehead atoms. The molecule has 0 atom stereocenters. The molecule has 0 unspecified atom stereocenters. The molecule has 1 aliphatic heterocycles. The van der Waals surface area contributed by atoms with E-state index in [2.05, 4.69) is 34.6 Å². The third-order valence-electron chi connectivity index (χ3n) is 7.53. The van der Waals surface area contributed by atoms with E-state index in [1.165, 1.54) is 12.3 Å². The van der Waals surface area contributed by atoms with Crippen molar-refractivity contribution in [3.63, 3.8) is 0 Å². The average molecular weight is 535 g/mol. The van der Waals surface area contributed by atoms with Crippen LogP contribution < -0.4 is 5.32 Å². The van der Waals surface area contributed by atoms with Gasteiger partial charge in [-0.25, -0.2) is 9.78 Å². The molecule has 1 N–H and O–H groups in total. The fraction of sp³-hybridized carbons (Fsp3) is 0.310. The molecule has 2 aromatic carbocycles. The summed E-state index contributed by atoms with van der Waals surface area (Å²) in [6.45, 7) is 7.97. The van der Waals surface area contributed by atoms with Gasteiger partial charge in [0.1, 0.15) is 6.61 Å². The summed E-state index contributed by atoms with van der Waals surface area (Å²) in [4.78, 5) is 16.4. The number of rotatable bonds is 6. The smallest absolute Gasteiger partial charge is 0.449 e. The van der Waals surface area contributed by atoms with Gasteiger partial charge in [-0.05, 0) is 61.0 Å². The van der Waals surface area contributed by atoms with Crippen LogP contribution in [0, 0.1) is 5.95 Å². The molecule has 3 aromatic rings. The van der Waals surface area contributed by atoms with Gasteiger partial charge in [-0.15, -0.1) is 0 Å². The minimum absolute atomic E-state index is 0.0494. The Bertz CT molecular complexity index is 1350. The van der Waals surface area contributed by atoms with E-state index in [-0.39, 0.29) is 24.1 Å². The molecule has 0 radical (unpaired) electrons. The monoisotopic (exact) mass is 534 g/mol. The molecule has 6 nitrogen and oxygen atoms in total. The van der Waals surface area contributed by atoms with Crippen molar-refractivity contribution in [2.75, 3.05) is 13.2 Å². The van der Waals surface area contributed by atoms with Crippen LogP contribution in [0.25, 0.3) is 17.2 Å².